The van der Waals surface area contributed by atoms with Gasteiger partial charge in [-0.3, -0.25) is 4.79 Å². The van der Waals surface area contributed by atoms with E-state index in [-0.39, 0.29) is 40.5 Å². The summed E-state index contributed by atoms with van der Waals surface area (Å²) >= 11 is 0. The predicted octanol–water partition coefficient (Wildman–Crippen LogP) is 5.65. The molecule has 2 aliphatic heterocycles. The van der Waals surface area contributed by atoms with Crippen molar-refractivity contribution in [1.82, 2.24) is 0 Å². The number of hydrogen-bond donors (Lipinski definition) is 0. The summed E-state index contributed by atoms with van der Waals surface area (Å²) in [4.78, 5) is 11.5. The molecule has 5 nitrogen and oxygen atoms in total. The highest BCUT2D eigenvalue weighted by Gasteiger charge is 2.46. The fraction of sp³-hybridized carbons (Fsp3) is 0.955. The third-order valence-corrected chi connectivity index (χ3v) is 16.5. The zero-order valence-electron chi connectivity index (χ0n) is 20.4. The lowest BCUT2D eigenvalue weighted by atomic mass is 10.1. The minimum atomic E-state index is -1.97. The van der Waals surface area contributed by atoms with Crippen LogP contribution in [0.1, 0.15) is 67.2 Å². The van der Waals surface area contributed by atoms with Gasteiger partial charge in [0, 0.05) is 6.42 Å². The molecule has 2 fully saturated rings. The van der Waals surface area contributed by atoms with E-state index in [0.717, 1.165) is 19.3 Å². The van der Waals surface area contributed by atoms with E-state index in [2.05, 4.69) is 67.7 Å². The van der Waals surface area contributed by atoms with E-state index in [1.54, 1.807) is 0 Å². The molecule has 0 aromatic carbocycles. The monoisotopic (exact) mass is 444 g/mol. The average molecular weight is 445 g/mol. The Morgan fingerprint density at radius 2 is 1.52 bits per heavy atom. The fourth-order valence-electron chi connectivity index (χ4n) is 3.32. The molecule has 2 saturated heterocycles. The number of rotatable bonds is 7. The zero-order chi connectivity index (χ0) is 22.3. The highest BCUT2D eigenvalue weighted by atomic mass is 28.4. The summed E-state index contributed by atoms with van der Waals surface area (Å²) in [6.07, 6.45) is 2.94. The Balaban J connectivity index is 2.11. The van der Waals surface area contributed by atoms with E-state index in [1.165, 1.54) is 0 Å². The van der Waals surface area contributed by atoms with Crippen LogP contribution in [-0.2, 0) is 23.1 Å². The maximum Gasteiger partial charge on any atom is 0.306 e. The molecular weight excluding hydrogens is 400 g/mol. The molecule has 29 heavy (non-hydrogen) atoms. The van der Waals surface area contributed by atoms with E-state index in [1.807, 2.05) is 0 Å². The van der Waals surface area contributed by atoms with Gasteiger partial charge in [0.25, 0.3) is 0 Å². The van der Waals surface area contributed by atoms with Gasteiger partial charge in [-0.15, -0.1) is 0 Å². The summed E-state index contributed by atoms with van der Waals surface area (Å²) in [6.45, 7) is 23.3. The second-order valence-electron chi connectivity index (χ2n) is 11.8. The van der Waals surface area contributed by atoms with Gasteiger partial charge in [0.2, 0.25) is 0 Å². The average Bonchev–Trinajstić information content (AvgIpc) is 3.18. The molecule has 0 amide bonds. The van der Waals surface area contributed by atoms with Crippen LogP contribution in [0.2, 0.25) is 36.3 Å². The molecule has 0 radical (unpaired) electrons. The van der Waals surface area contributed by atoms with Gasteiger partial charge in [-0.2, -0.15) is 0 Å². The number of carbonyl (C=O) groups is 1. The summed E-state index contributed by atoms with van der Waals surface area (Å²) in [5, 5.41) is 0.285. The Bertz CT molecular complexity index is 577. The van der Waals surface area contributed by atoms with Gasteiger partial charge in [-0.1, -0.05) is 41.5 Å². The van der Waals surface area contributed by atoms with Crippen molar-refractivity contribution in [2.45, 2.75) is 128 Å². The summed E-state index contributed by atoms with van der Waals surface area (Å²) in [6, 6.07) is 0. The molecule has 0 spiro atoms. The third kappa shape index (κ3) is 6.15. The fourth-order valence-corrected chi connectivity index (χ4v) is 5.67. The van der Waals surface area contributed by atoms with Gasteiger partial charge in [0.05, 0.1) is 24.9 Å². The first-order valence-electron chi connectivity index (χ1n) is 11.2. The van der Waals surface area contributed by atoms with Crippen LogP contribution >= 0.6 is 0 Å². The van der Waals surface area contributed by atoms with Gasteiger partial charge in [0.1, 0.15) is 6.10 Å². The van der Waals surface area contributed by atoms with E-state index in [9.17, 15) is 4.79 Å². The van der Waals surface area contributed by atoms with Crippen molar-refractivity contribution in [3.05, 3.63) is 0 Å². The highest BCUT2D eigenvalue weighted by Crippen LogP contribution is 2.41. The molecule has 0 bridgehead atoms. The summed E-state index contributed by atoms with van der Waals surface area (Å²) in [5.74, 6) is -0.0996. The molecule has 0 N–H and O–H groups in total. The van der Waals surface area contributed by atoms with Gasteiger partial charge >= 0.3 is 5.97 Å². The predicted molar refractivity (Wildman–Crippen MR) is 122 cm³/mol. The van der Waals surface area contributed by atoms with E-state index in [0.29, 0.717) is 13.0 Å². The SMILES string of the molecule is CC(C)(C)[Si](C)(C)OC[C@@H](O[Si](C)(C)C(C)(C)C)[C@H]1CC[C@H]([C@@H]2CCC(=O)O2)O1. The van der Waals surface area contributed by atoms with Crippen LogP contribution in [0.25, 0.3) is 0 Å². The van der Waals surface area contributed by atoms with Crippen LogP contribution in [-0.4, -0.2) is 53.6 Å². The van der Waals surface area contributed by atoms with Crippen molar-refractivity contribution in [3.63, 3.8) is 0 Å². The number of esters is 1. The second kappa shape index (κ2) is 8.73. The molecule has 0 aromatic heterocycles. The van der Waals surface area contributed by atoms with E-state index < -0.39 is 16.6 Å². The highest BCUT2D eigenvalue weighted by molar-refractivity contribution is 6.74. The van der Waals surface area contributed by atoms with Crippen LogP contribution in [0.3, 0.4) is 0 Å². The number of ether oxygens (including phenoxy) is 2. The van der Waals surface area contributed by atoms with Crippen molar-refractivity contribution in [1.29, 1.82) is 0 Å². The first-order valence-corrected chi connectivity index (χ1v) is 17.0. The molecule has 4 atom stereocenters. The first-order chi connectivity index (χ1) is 13.0. The van der Waals surface area contributed by atoms with Crippen LogP contribution in [0, 0.1) is 0 Å². The molecule has 2 heterocycles. The second-order valence-corrected chi connectivity index (χ2v) is 21.4. The molecule has 2 rings (SSSR count). The smallest absolute Gasteiger partial charge is 0.306 e. The number of hydrogen-bond acceptors (Lipinski definition) is 5. The standard InChI is InChI=1S/C22H44O5Si2/c1-21(2,3)28(7,8)24-15-19(27-29(9,10)22(4,5)6)18-12-11-16(25-18)17-13-14-20(23)26-17/h16-19H,11-15H2,1-10H3/t16-,17+,18-,19-/m1/s1. The molecule has 170 valence electrons. The Kier molecular flexibility index (Phi) is 7.54. The Hall–Kier alpha value is -0.216. The lowest BCUT2D eigenvalue weighted by Crippen LogP contribution is -2.51. The molecule has 7 heteroatoms. The van der Waals surface area contributed by atoms with Crippen molar-refractivity contribution < 1.29 is 23.1 Å². The van der Waals surface area contributed by atoms with Crippen LogP contribution in [0.5, 0.6) is 0 Å². The van der Waals surface area contributed by atoms with E-state index >= 15 is 0 Å². The van der Waals surface area contributed by atoms with Crippen molar-refractivity contribution in [2.24, 2.45) is 0 Å². The number of cyclic esters (lactones) is 1. The van der Waals surface area contributed by atoms with Gasteiger partial charge in [-0.25, -0.2) is 0 Å². The van der Waals surface area contributed by atoms with Crippen LogP contribution in [0.4, 0.5) is 0 Å². The normalized spacial score (nSPS) is 27.9. The molecule has 0 saturated carbocycles. The minimum absolute atomic E-state index is 0.00167. The van der Waals surface area contributed by atoms with Crippen LogP contribution in [0.15, 0.2) is 0 Å². The largest absolute Gasteiger partial charge is 0.460 e. The zero-order valence-corrected chi connectivity index (χ0v) is 22.4. The summed E-state index contributed by atoms with van der Waals surface area (Å²) in [7, 11) is -3.85. The molecule has 0 aliphatic carbocycles. The Morgan fingerprint density at radius 1 is 0.931 bits per heavy atom. The van der Waals surface area contributed by atoms with Crippen molar-refractivity contribution >= 4 is 22.6 Å². The molecular formula is C22H44O5Si2. The quantitative estimate of drug-likeness (QED) is 0.375. The molecule has 0 unspecified atom stereocenters. The summed E-state index contributed by atoms with van der Waals surface area (Å²) in [5.41, 5.74) is 0. The van der Waals surface area contributed by atoms with Crippen molar-refractivity contribution in [2.75, 3.05) is 6.61 Å². The van der Waals surface area contributed by atoms with Crippen LogP contribution < -0.4 is 0 Å². The summed E-state index contributed by atoms with van der Waals surface area (Å²) < 4.78 is 25.3. The van der Waals surface area contributed by atoms with Gasteiger partial charge in [0.15, 0.2) is 16.6 Å². The molecule has 0 aromatic rings. The lowest BCUT2D eigenvalue weighted by Gasteiger charge is -2.43. The minimum Gasteiger partial charge on any atom is -0.460 e. The first kappa shape index (κ1) is 25.0. The maximum absolute atomic E-state index is 11.5. The Morgan fingerprint density at radius 3 is 2.00 bits per heavy atom. The van der Waals surface area contributed by atoms with Crippen molar-refractivity contribution in [3.8, 4) is 0 Å². The van der Waals surface area contributed by atoms with Gasteiger partial charge < -0.3 is 18.3 Å². The van der Waals surface area contributed by atoms with E-state index in [4.69, 9.17) is 18.3 Å². The third-order valence-electron chi connectivity index (χ3n) is 7.50. The lowest BCUT2D eigenvalue weighted by molar-refractivity contribution is -0.148. The number of carbonyl (C=O) groups excluding carboxylic acids is 1. The maximum atomic E-state index is 11.5. The Labute approximate surface area is 180 Å². The molecule has 2 aliphatic rings. The van der Waals surface area contributed by atoms with Gasteiger partial charge in [-0.05, 0) is 55.5 Å². The topological polar surface area (TPSA) is 54.0 Å².